The minimum absolute atomic E-state index is 0.108. The molecule has 1 amide bonds. The largest absolute Gasteiger partial charge is 0.480 e. The third kappa shape index (κ3) is 3.91. The van der Waals surface area contributed by atoms with E-state index in [9.17, 15) is 9.59 Å². The monoisotopic (exact) mass is 339 g/mol. The van der Waals surface area contributed by atoms with Crippen molar-refractivity contribution in [3.05, 3.63) is 21.4 Å². The molecule has 6 nitrogen and oxygen atoms in total. The fourth-order valence-corrected chi connectivity index (χ4v) is 4.29. The van der Waals surface area contributed by atoms with Crippen LogP contribution in [0.5, 0.6) is 0 Å². The van der Waals surface area contributed by atoms with Gasteiger partial charge in [-0.05, 0) is 37.7 Å². The Labute approximate surface area is 138 Å². The van der Waals surface area contributed by atoms with Gasteiger partial charge in [-0.25, -0.2) is 4.79 Å². The molecule has 0 aromatic carbocycles. The first kappa shape index (κ1) is 16.4. The van der Waals surface area contributed by atoms with E-state index in [1.54, 1.807) is 11.3 Å². The van der Waals surface area contributed by atoms with Crippen LogP contribution in [0.3, 0.4) is 0 Å². The molecular formula is C16H21NO5S. The van der Waals surface area contributed by atoms with E-state index in [1.807, 2.05) is 5.38 Å². The van der Waals surface area contributed by atoms with Crippen LogP contribution in [0.2, 0.25) is 0 Å². The molecule has 0 saturated carbocycles. The smallest absolute Gasteiger partial charge is 0.329 e. The summed E-state index contributed by atoms with van der Waals surface area (Å²) in [5, 5.41) is 13.7. The molecule has 1 fully saturated rings. The molecule has 2 aliphatic rings. The molecule has 0 bridgehead atoms. The van der Waals surface area contributed by atoms with Crippen LogP contribution in [0.15, 0.2) is 5.38 Å². The third-order valence-electron chi connectivity index (χ3n) is 4.34. The van der Waals surface area contributed by atoms with Crippen molar-refractivity contribution in [1.82, 2.24) is 5.32 Å². The number of fused-ring (bicyclic) bond motifs is 1. The maximum Gasteiger partial charge on any atom is 0.329 e. The lowest BCUT2D eigenvalue weighted by molar-refractivity contribution is -0.147. The van der Waals surface area contributed by atoms with Crippen LogP contribution in [0, 0.1) is 0 Å². The first-order chi connectivity index (χ1) is 11.1. The van der Waals surface area contributed by atoms with Crippen LogP contribution in [-0.4, -0.2) is 48.9 Å². The van der Waals surface area contributed by atoms with Crippen molar-refractivity contribution in [2.75, 3.05) is 19.8 Å². The third-order valence-corrected chi connectivity index (χ3v) is 5.42. The Morgan fingerprint density at radius 2 is 2.22 bits per heavy atom. The molecule has 7 heteroatoms. The van der Waals surface area contributed by atoms with Crippen molar-refractivity contribution in [2.24, 2.45) is 0 Å². The molecule has 2 heterocycles. The SMILES string of the molecule is O=C(O)CO[C@H]1CCOC[C@H]1NC(=O)c1csc2c1CCCC2. The van der Waals surface area contributed by atoms with Gasteiger partial charge in [0.05, 0.1) is 24.3 Å². The quantitative estimate of drug-likeness (QED) is 0.851. The van der Waals surface area contributed by atoms with Gasteiger partial charge in [0.2, 0.25) is 0 Å². The molecule has 126 valence electrons. The summed E-state index contributed by atoms with van der Waals surface area (Å²) in [6.45, 7) is 0.512. The number of carboxylic acid groups (broad SMARTS) is 1. The molecule has 0 spiro atoms. The maximum atomic E-state index is 12.6. The highest BCUT2D eigenvalue weighted by atomic mass is 32.1. The molecule has 1 aromatic heterocycles. The summed E-state index contributed by atoms with van der Waals surface area (Å²) in [7, 11) is 0. The van der Waals surface area contributed by atoms with Gasteiger partial charge in [-0.1, -0.05) is 0 Å². The number of thiophene rings is 1. The van der Waals surface area contributed by atoms with Gasteiger partial charge in [0.25, 0.3) is 5.91 Å². The Bertz CT molecular complexity index is 585. The van der Waals surface area contributed by atoms with Gasteiger partial charge in [-0.15, -0.1) is 11.3 Å². The highest BCUT2D eigenvalue weighted by Gasteiger charge is 2.30. The van der Waals surface area contributed by atoms with E-state index in [2.05, 4.69) is 5.32 Å². The van der Waals surface area contributed by atoms with Crippen LogP contribution in [0.4, 0.5) is 0 Å². The van der Waals surface area contributed by atoms with Gasteiger partial charge >= 0.3 is 5.97 Å². The summed E-state index contributed by atoms with van der Waals surface area (Å²) in [6, 6.07) is -0.310. The Morgan fingerprint density at radius 1 is 1.39 bits per heavy atom. The fraction of sp³-hybridized carbons (Fsp3) is 0.625. The first-order valence-electron chi connectivity index (χ1n) is 7.96. The maximum absolute atomic E-state index is 12.6. The normalized spacial score (nSPS) is 24.0. The second-order valence-electron chi connectivity index (χ2n) is 5.94. The number of aryl methyl sites for hydroxylation is 1. The van der Waals surface area contributed by atoms with Crippen LogP contribution in [-0.2, 0) is 27.1 Å². The van der Waals surface area contributed by atoms with Crippen molar-refractivity contribution in [1.29, 1.82) is 0 Å². The molecule has 1 saturated heterocycles. The van der Waals surface area contributed by atoms with Gasteiger partial charge in [0.15, 0.2) is 0 Å². The molecule has 2 N–H and O–H groups in total. The van der Waals surface area contributed by atoms with Gasteiger partial charge in [0, 0.05) is 16.9 Å². The summed E-state index contributed by atoms with van der Waals surface area (Å²) in [4.78, 5) is 24.6. The summed E-state index contributed by atoms with van der Waals surface area (Å²) in [5.41, 5.74) is 1.94. The molecule has 1 aromatic rings. The topological polar surface area (TPSA) is 84.9 Å². The highest BCUT2D eigenvalue weighted by molar-refractivity contribution is 7.10. The first-order valence-corrected chi connectivity index (χ1v) is 8.84. The van der Waals surface area contributed by atoms with Crippen LogP contribution < -0.4 is 5.32 Å². The number of carboxylic acids is 1. The lowest BCUT2D eigenvalue weighted by Gasteiger charge is -2.31. The van der Waals surface area contributed by atoms with Gasteiger partial charge in [-0.3, -0.25) is 4.79 Å². The number of hydrogen-bond acceptors (Lipinski definition) is 5. The number of ether oxygens (including phenoxy) is 2. The summed E-state index contributed by atoms with van der Waals surface area (Å²) in [6.07, 6.45) is 4.60. The zero-order chi connectivity index (χ0) is 16.2. The lowest BCUT2D eigenvalue weighted by Crippen LogP contribution is -2.51. The van der Waals surface area contributed by atoms with E-state index in [0.717, 1.165) is 24.8 Å². The number of aliphatic carboxylic acids is 1. The Balaban J connectivity index is 1.65. The Hall–Kier alpha value is -1.44. The molecule has 23 heavy (non-hydrogen) atoms. The molecule has 3 rings (SSSR count). The van der Waals surface area contributed by atoms with E-state index >= 15 is 0 Å². The van der Waals surface area contributed by atoms with Crippen LogP contribution in [0.25, 0.3) is 0 Å². The number of carbonyl (C=O) groups excluding carboxylic acids is 1. The molecular weight excluding hydrogens is 318 g/mol. The molecule has 1 aliphatic carbocycles. The van der Waals surface area contributed by atoms with Gasteiger partial charge in [-0.2, -0.15) is 0 Å². The average Bonchev–Trinajstić information content (AvgIpc) is 2.98. The second kappa shape index (κ2) is 7.42. The standard InChI is InChI=1S/C16H21NO5S/c18-15(19)8-22-13-5-6-21-7-12(13)17-16(20)11-9-23-14-4-2-1-3-10(11)14/h9,12-13H,1-8H2,(H,17,20)(H,18,19)/t12-,13+/m1/s1. The van der Waals surface area contributed by atoms with E-state index in [-0.39, 0.29) is 24.7 Å². The fourth-order valence-electron chi connectivity index (χ4n) is 3.16. The lowest BCUT2D eigenvalue weighted by atomic mass is 9.95. The van der Waals surface area contributed by atoms with E-state index in [1.165, 1.54) is 16.9 Å². The average molecular weight is 339 g/mol. The number of hydrogen-bond donors (Lipinski definition) is 2. The molecule has 0 unspecified atom stereocenters. The number of nitrogens with one attached hydrogen (secondary N) is 1. The summed E-state index contributed by atoms with van der Waals surface area (Å²) >= 11 is 1.66. The molecule has 1 aliphatic heterocycles. The van der Waals surface area contributed by atoms with Crippen molar-refractivity contribution in [3.8, 4) is 0 Å². The Morgan fingerprint density at radius 3 is 3.04 bits per heavy atom. The highest BCUT2D eigenvalue weighted by Crippen LogP contribution is 2.30. The van der Waals surface area contributed by atoms with Gasteiger partial charge < -0.3 is 19.9 Å². The number of amides is 1. The predicted molar refractivity (Wildman–Crippen MR) is 85.0 cm³/mol. The van der Waals surface area contributed by atoms with E-state index in [4.69, 9.17) is 14.6 Å². The number of rotatable bonds is 5. The van der Waals surface area contributed by atoms with E-state index in [0.29, 0.717) is 19.6 Å². The minimum atomic E-state index is -1.01. The summed E-state index contributed by atoms with van der Waals surface area (Å²) in [5.74, 6) is -1.11. The molecule has 2 atom stereocenters. The Kier molecular flexibility index (Phi) is 5.30. The zero-order valence-corrected chi connectivity index (χ0v) is 13.7. The summed E-state index contributed by atoms with van der Waals surface area (Å²) < 4.78 is 10.8. The van der Waals surface area contributed by atoms with Crippen LogP contribution >= 0.6 is 11.3 Å². The van der Waals surface area contributed by atoms with Crippen molar-refractivity contribution in [3.63, 3.8) is 0 Å². The van der Waals surface area contributed by atoms with E-state index < -0.39 is 5.97 Å². The van der Waals surface area contributed by atoms with Crippen LogP contribution in [0.1, 0.15) is 40.1 Å². The zero-order valence-electron chi connectivity index (χ0n) is 12.9. The van der Waals surface area contributed by atoms with Crippen molar-refractivity contribution < 1.29 is 24.2 Å². The predicted octanol–water partition coefficient (Wildman–Crippen LogP) is 1.62. The van der Waals surface area contributed by atoms with Gasteiger partial charge in [0.1, 0.15) is 6.61 Å². The number of carbonyl (C=O) groups is 2. The minimum Gasteiger partial charge on any atom is -0.480 e. The van der Waals surface area contributed by atoms with Crippen molar-refractivity contribution in [2.45, 2.75) is 44.2 Å². The van der Waals surface area contributed by atoms with Crippen molar-refractivity contribution >= 4 is 23.2 Å². The molecule has 0 radical (unpaired) electrons. The second-order valence-corrected chi connectivity index (χ2v) is 6.91.